The van der Waals surface area contributed by atoms with Crippen molar-refractivity contribution >= 4 is 0 Å². The Morgan fingerprint density at radius 2 is 1.33 bits per heavy atom. The number of hydrogen-bond acceptors (Lipinski definition) is 1. The molecule has 112 valence electrons. The van der Waals surface area contributed by atoms with Gasteiger partial charge in [0.1, 0.15) is 0 Å². The third-order valence-corrected chi connectivity index (χ3v) is 3.21. The Balaban J connectivity index is 2.11. The molecule has 0 radical (unpaired) electrons. The van der Waals surface area contributed by atoms with Gasteiger partial charge in [0.2, 0.25) is 0 Å². The summed E-state index contributed by atoms with van der Waals surface area (Å²) in [6.45, 7) is 4.94. The van der Waals surface area contributed by atoms with Gasteiger partial charge in [0.05, 0.1) is 5.56 Å². The van der Waals surface area contributed by atoms with E-state index in [0.717, 1.165) is 35.4 Å². The van der Waals surface area contributed by atoms with Crippen molar-refractivity contribution in [2.24, 2.45) is 0 Å². The minimum Gasteiger partial charge on any atom is -0.310 e. The predicted molar refractivity (Wildman–Crippen MR) is 78.9 cm³/mol. The van der Waals surface area contributed by atoms with Crippen LogP contribution in [0.25, 0.3) is 11.1 Å². The van der Waals surface area contributed by atoms with E-state index >= 15 is 0 Å². The third kappa shape index (κ3) is 4.33. The normalized spacial score (nSPS) is 11.9. The van der Waals surface area contributed by atoms with Crippen molar-refractivity contribution in [3.63, 3.8) is 0 Å². The van der Waals surface area contributed by atoms with Crippen molar-refractivity contribution in [2.75, 3.05) is 0 Å². The molecule has 0 aliphatic heterocycles. The Kier molecular flexibility index (Phi) is 4.68. The van der Waals surface area contributed by atoms with Gasteiger partial charge in [-0.3, -0.25) is 0 Å². The molecule has 0 aliphatic rings. The highest BCUT2D eigenvalue weighted by atomic mass is 19.4. The van der Waals surface area contributed by atoms with E-state index in [1.54, 1.807) is 0 Å². The molecule has 0 saturated carbocycles. The molecular formula is C17H18F3N. The van der Waals surface area contributed by atoms with Gasteiger partial charge in [-0.1, -0.05) is 50.2 Å². The minimum atomic E-state index is -4.29. The van der Waals surface area contributed by atoms with Crippen LogP contribution in [0.2, 0.25) is 0 Å². The molecule has 0 heterocycles. The van der Waals surface area contributed by atoms with Crippen LogP contribution in [0.4, 0.5) is 13.2 Å². The lowest BCUT2D eigenvalue weighted by atomic mass is 10.0. The fourth-order valence-corrected chi connectivity index (χ4v) is 1.99. The first-order chi connectivity index (χ1) is 9.86. The average Bonchev–Trinajstić information content (AvgIpc) is 2.45. The highest BCUT2D eigenvalue weighted by Crippen LogP contribution is 2.30. The topological polar surface area (TPSA) is 12.0 Å². The zero-order chi connectivity index (χ0) is 15.5. The summed E-state index contributed by atoms with van der Waals surface area (Å²) in [4.78, 5) is 0. The number of benzene rings is 2. The van der Waals surface area contributed by atoms with Crippen molar-refractivity contribution in [1.82, 2.24) is 5.32 Å². The Bertz CT molecular complexity index is 568. The lowest BCUT2D eigenvalue weighted by Gasteiger charge is -2.10. The molecule has 0 amide bonds. The Morgan fingerprint density at radius 1 is 0.857 bits per heavy atom. The number of nitrogens with one attached hydrogen (secondary N) is 1. The van der Waals surface area contributed by atoms with Crippen LogP contribution in [0.3, 0.4) is 0 Å². The average molecular weight is 293 g/mol. The van der Waals surface area contributed by atoms with Crippen molar-refractivity contribution in [3.05, 3.63) is 59.7 Å². The summed E-state index contributed by atoms with van der Waals surface area (Å²) in [6.07, 6.45) is -4.29. The molecular weight excluding hydrogens is 275 g/mol. The highest BCUT2D eigenvalue weighted by Gasteiger charge is 2.29. The van der Waals surface area contributed by atoms with E-state index in [1.165, 1.54) is 12.1 Å². The molecule has 1 N–H and O–H groups in total. The van der Waals surface area contributed by atoms with E-state index in [2.05, 4.69) is 19.2 Å². The van der Waals surface area contributed by atoms with Gasteiger partial charge in [-0.05, 0) is 28.8 Å². The molecule has 2 aromatic rings. The van der Waals surface area contributed by atoms with Crippen LogP contribution < -0.4 is 5.32 Å². The van der Waals surface area contributed by atoms with Gasteiger partial charge < -0.3 is 5.32 Å². The first-order valence-corrected chi connectivity index (χ1v) is 6.86. The Morgan fingerprint density at radius 3 is 1.76 bits per heavy atom. The van der Waals surface area contributed by atoms with Crippen LogP contribution in [0.1, 0.15) is 25.0 Å². The molecule has 0 saturated heterocycles. The lowest BCUT2D eigenvalue weighted by molar-refractivity contribution is -0.137. The smallest absolute Gasteiger partial charge is 0.310 e. The second-order valence-electron chi connectivity index (χ2n) is 5.31. The van der Waals surface area contributed by atoms with Crippen molar-refractivity contribution in [2.45, 2.75) is 32.6 Å². The number of rotatable bonds is 4. The van der Waals surface area contributed by atoms with Crippen molar-refractivity contribution in [3.8, 4) is 11.1 Å². The lowest BCUT2D eigenvalue weighted by Crippen LogP contribution is -2.21. The van der Waals surface area contributed by atoms with Crippen LogP contribution in [0, 0.1) is 0 Å². The van der Waals surface area contributed by atoms with E-state index in [-0.39, 0.29) is 0 Å². The largest absolute Gasteiger partial charge is 0.416 e. The minimum absolute atomic E-state index is 0.416. The number of alkyl halides is 3. The first kappa shape index (κ1) is 15.6. The van der Waals surface area contributed by atoms with E-state index in [4.69, 9.17) is 0 Å². The molecule has 1 nitrogen and oxygen atoms in total. The second-order valence-corrected chi connectivity index (χ2v) is 5.31. The van der Waals surface area contributed by atoms with E-state index in [1.807, 2.05) is 24.3 Å². The number of hydrogen-bond donors (Lipinski definition) is 1. The summed E-state index contributed by atoms with van der Waals surface area (Å²) < 4.78 is 37.6. The Labute approximate surface area is 122 Å². The van der Waals surface area contributed by atoms with Gasteiger partial charge in [0, 0.05) is 12.6 Å². The molecule has 0 spiro atoms. The zero-order valence-corrected chi connectivity index (χ0v) is 12.0. The fourth-order valence-electron chi connectivity index (χ4n) is 1.99. The SMILES string of the molecule is CC(C)NCc1ccc(-c2ccc(C(F)(F)F)cc2)cc1. The van der Waals surface area contributed by atoms with Crippen molar-refractivity contribution in [1.29, 1.82) is 0 Å². The molecule has 0 aromatic heterocycles. The van der Waals surface area contributed by atoms with Crippen LogP contribution in [-0.4, -0.2) is 6.04 Å². The standard InChI is InChI=1S/C17H18F3N/c1-12(2)21-11-13-3-5-14(6-4-13)15-7-9-16(10-8-15)17(18,19)20/h3-10,12,21H,11H2,1-2H3. The summed E-state index contributed by atoms with van der Waals surface area (Å²) in [5.41, 5.74) is 2.23. The highest BCUT2D eigenvalue weighted by molar-refractivity contribution is 5.64. The van der Waals surface area contributed by atoms with E-state index in [0.29, 0.717) is 6.04 Å². The quantitative estimate of drug-likeness (QED) is 0.848. The molecule has 0 bridgehead atoms. The number of halogens is 3. The van der Waals surface area contributed by atoms with Gasteiger partial charge in [-0.25, -0.2) is 0 Å². The van der Waals surface area contributed by atoms with Gasteiger partial charge >= 0.3 is 6.18 Å². The van der Waals surface area contributed by atoms with E-state index in [9.17, 15) is 13.2 Å². The van der Waals surface area contributed by atoms with Crippen LogP contribution in [0.15, 0.2) is 48.5 Å². The van der Waals surface area contributed by atoms with Gasteiger partial charge in [-0.2, -0.15) is 13.2 Å². The maximum absolute atomic E-state index is 12.5. The molecule has 0 unspecified atom stereocenters. The molecule has 0 atom stereocenters. The molecule has 2 rings (SSSR count). The summed E-state index contributed by atoms with van der Waals surface area (Å²) >= 11 is 0. The summed E-state index contributed by atoms with van der Waals surface area (Å²) in [5, 5.41) is 3.32. The predicted octanol–water partition coefficient (Wildman–Crippen LogP) is 4.87. The van der Waals surface area contributed by atoms with E-state index < -0.39 is 11.7 Å². The summed E-state index contributed by atoms with van der Waals surface area (Å²) in [5.74, 6) is 0. The molecule has 2 aromatic carbocycles. The van der Waals surface area contributed by atoms with Crippen LogP contribution in [0.5, 0.6) is 0 Å². The van der Waals surface area contributed by atoms with Crippen molar-refractivity contribution < 1.29 is 13.2 Å². The third-order valence-electron chi connectivity index (χ3n) is 3.21. The molecule has 0 aliphatic carbocycles. The van der Waals surface area contributed by atoms with Gasteiger partial charge in [0.15, 0.2) is 0 Å². The van der Waals surface area contributed by atoms with Gasteiger partial charge in [-0.15, -0.1) is 0 Å². The fraction of sp³-hybridized carbons (Fsp3) is 0.294. The second kappa shape index (κ2) is 6.31. The molecule has 0 fully saturated rings. The first-order valence-electron chi connectivity index (χ1n) is 6.86. The summed E-state index contributed by atoms with van der Waals surface area (Å²) in [6, 6.07) is 13.5. The zero-order valence-electron chi connectivity index (χ0n) is 12.0. The summed E-state index contributed by atoms with van der Waals surface area (Å²) in [7, 11) is 0. The van der Waals surface area contributed by atoms with Crippen LogP contribution >= 0.6 is 0 Å². The molecule has 4 heteroatoms. The molecule has 21 heavy (non-hydrogen) atoms. The van der Waals surface area contributed by atoms with Crippen LogP contribution in [-0.2, 0) is 12.7 Å². The monoisotopic (exact) mass is 293 g/mol. The maximum atomic E-state index is 12.5. The Hall–Kier alpha value is -1.81. The van der Waals surface area contributed by atoms with Gasteiger partial charge in [0.25, 0.3) is 0 Å². The maximum Gasteiger partial charge on any atom is 0.416 e.